The van der Waals surface area contributed by atoms with Gasteiger partial charge in [0, 0.05) is 31.6 Å². The van der Waals surface area contributed by atoms with Gasteiger partial charge in [-0.15, -0.1) is 0 Å². The molecule has 0 saturated heterocycles. The number of nitrogen functional groups attached to an aromatic ring is 1. The van der Waals surface area contributed by atoms with Gasteiger partial charge in [-0.2, -0.15) is 0 Å². The number of aliphatic hydroxyl groups excluding tert-OH is 1. The lowest BCUT2D eigenvalue weighted by Crippen LogP contribution is -2.19. The lowest BCUT2D eigenvalue weighted by molar-refractivity contribution is 0.0698. The number of nitrogens with zero attached hydrogens (tertiary/aromatic N) is 1. The topological polar surface area (TPSA) is 86.8 Å². The third-order valence-electron chi connectivity index (χ3n) is 3.19. The Kier molecular flexibility index (Phi) is 5.63. The molecule has 0 aliphatic carbocycles. The summed E-state index contributed by atoms with van der Waals surface area (Å²) in [6.07, 6.45) is 2.72. The zero-order chi connectivity index (χ0) is 14.4. The van der Waals surface area contributed by atoms with E-state index in [-0.39, 0.29) is 12.2 Å². The summed E-state index contributed by atoms with van der Waals surface area (Å²) < 4.78 is 0. The van der Waals surface area contributed by atoms with Crippen molar-refractivity contribution in [2.75, 3.05) is 30.8 Å². The normalized spacial score (nSPS) is 10.5. The van der Waals surface area contributed by atoms with Crippen LogP contribution in [0.2, 0.25) is 0 Å². The molecule has 0 saturated carbocycles. The number of carboxylic acid groups (broad SMARTS) is 1. The fraction of sp³-hybridized carbons (Fsp3) is 0.500. The van der Waals surface area contributed by atoms with Gasteiger partial charge in [-0.25, -0.2) is 4.79 Å². The molecule has 0 bridgehead atoms. The van der Waals surface area contributed by atoms with Crippen LogP contribution in [0.1, 0.15) is 35.2 Å². The molecule has 19 heavy (non-hydrogen) atoms. The Hall–Kier alpha value is -1.75. The predicted octanol–water partition coefficient (Wildman–Crippen LogP) is 1.87. The molecule has 0 amide bonds. The molecule has 0 heterocycles. The highest BCUT2D eigenvalue weighted by atomic mass is 16.4. The Balaban J connectivity index is 2.80. The molecule has 0 spiro atoms. The van der Waals surface area contributed by atoms with Crippen molar-refractivity contribution < 1.29 is 15.0 Å². The van der Waals surface area contributed by atoms with Crippen molar-refractivity contribution in [1.29, 1.82) is 0 Å². The van der Waals surface area contributed by atoms with E-state index < -0.39 is 5.97 Å². The first-order valence-corrected chi connectivity index (χ1v) is 6.42. The van der Waals surface area contributed by atoms with Gasteiger partial charge in [0.15, 0.2) is 0 Å². The van der Waals surface area contributed by atoms with Gasteiger partial charge in [-0.3, -0.25) is 0 Å². The van der Waals surface area contributed by atoms with Gasteiger partial charge in [-0.05, 0) is 43.9 Å². The maximum atomic E-state index is 11.1. The largest absolute Gasteiger partial charge is 0.478 e. The number of carbonyl (C=O) groups is 1. The van der Waals surface area contributed by atoms with E-state index in [9.17, 15) is 4.79 Å². The highest BCUT2D eigenvalue weighted by Gasteiger charge is 2.13. The molecule has 1 rings (SSSR count). The highest BCUT2D eigenvalue weighted by molar-refractivity contribution is 5.95. The van der Waals surface area contributed by atoms with Crippen molar-refractivity contribution in [2.24, 2.45) is 0 Å². The maximum absolute atomic E-state index is 11.1. The van der Waals surface area contributed by atoms with Crippen LogP contribution in [0.3, 0.4) is 0 Å². The van der Waals surface area contributed by atoms with Crippen molar-refractivity contribution in [2.45, 2.75) is 26.2 Å². The van der Waals surface area contributed by atoms with Gasteiger partial charge in [-0.1, -0.05) is 0 Å². The van der Waals surface area contributed by atoms with Gasteiger partial charge in [0.1, 0.15) is 0 Å². The first-order valence-electron chi connectivity index (χ1n) is 6.42. The van der Waals surface area contributed by atoms with E-state index in [1.807, 2.05) is 24.9 Å². The Morgan fingerprint density at radius 3 is 2.58 bits per heavy atom. The van der Waals surface area contributed by atoms with Crippen LogP contribution < -0.4 is 10.6 Å². The fourth-order valence-electron chi connectivity index (χ4n) is 1.94. The van der Waals surface area contributed by atoms with Crippen LogP contribution in [-0.2, 0) is 0 Å². The highest BCUT2D eigenvalue weighted by Crippen LogP contribution is 2.25. The summed E-state index contributed by atoms with van der Waals surface area (Å²) in [4.78, 5) is 13.1. The maximum Gasteiger partial charge on any atom is 0.337 e. The second kappa shape index (κ2) is 6.99. The molecule has 0 aromatic heterocycles. The first-order chi connectivity index (χ1) is 8.97. The fourth-order valence-corrected chi connectivity index (χ4v) is 1.94. The number of unbranched alkanes of at least 4 members (excludes halogenated alkanes) is 2. The average Bonchev–Trinajstić information content (AvgIpc) is 2.37. The van der Waals surface area contributed by atoms with Crippen LogP contribution in [0.5, 0.6) is 0 Å². The third-order valence-corrected chi connectivity index (χ3v) is 3.19. The SMILES string of the molecule is Cc1cc(N(C)CCCCCO)cc(C(=O)O)c1N. The quantitative estimate of drug-likeness (QED) is 0.518. The van der Waals surface area contributed by atoms with Crippen molar-refractivity contribution in [3.8, 4) is 0 Å². The molecule has 0 unspecified atom stereocenters. The number of nitrogens with two attached hydrogens (primary N) is 1. The molecule has 1 aromatic rings. The molecule has 0 radical (unpaired) electrons. The molecule has 0 aliphatic rings. The number of aryl methyl sites for hydroxylation is 1. The van der Waals surface area contributed by atoms with E-state index >= 15 is 0 Å². The molecular formula is C14H22N2O3. The summed E-state index contributed by atoms with van der Waals surface area (Å²) >= 11 is 0. The van der Waals surface area contributed by atoms with E-state index in [0.29, 0.717) is 5.69 Å². The van der Waals surface area contributed by atoms with E-state index in [4.69, 9.17) is 15.9 Å². The van der Waals surface area contributed by atoms with Crippen LogP contribution in [0.4, 0.5) is 11.4 Å². The third kappa shape index (κ3) is 4.13. The van der Waals surface area contributed by atoms with Crippen LogP contribution >= 0.6 is 0 Å². The zero-order valence-corrected chi connectivity index (χ0v) is 11.5. The number of benzene rings is 1. The minimum Gasteiger partial charge on any atom is -0.478 e. The van der Waals surface area contributed by atoms with E-state index in [2.05, 4.69) is 0 Å². The minimum absolute atomic E-state index is 0.150. The lowest BCUT2D eigenvalue weighted by atomic mass is 10.1. The van der Waals surface area contributed by atoms with E-state index in [1.54, 1.807) is 6.07 Å². The van der Waals surface area contributed by atoms with Crippen LogP contribution in [-0.4, -0.2) is 36.4 Å². The molecule has 106 valence electrons. The zero-order valence-electron chi connectivity index (χ0n) is 11.5. The summed E-state index contributed by atoms with van der Waals surface area (Å²) in [5, 5.41) is 17.8. The second-order valence-corrected chi connectivity index (χ2v) is 4.73. The smallest absolute Gasteiger partial charge is 0.337 e. The van der Waals surface area contributed by atoms with Crippen molar-refractivity contribution in [1.82, 2.24) is 0 Å². The van der Waals surface area contributed by atoms with Crippen LogP contribution in [0, 0.1) is 6.92 Å². The van der Waals surface area contributed by atoms with Crippen molar-refractivity contribution in [3.05, 3.63) is 23.3 Å². The average molecular weight is 266 g/mol. The first kappa shape index (κ1) is 15.3. The number of anilines is 2. The predicted molar refractivity (Wildman–Crippen MR) is 76.8 cm³/mol. The minimum atomic E-state index is -1.00. The Labute approximate surface area is 113 Å². The van der Waals surface area contributed by atoms with E-state index in [0.717, 1.165) is 37.1 Å². The van der Waals surface area contributed by atoms with Gasteiger partial charge in [0.05, 0.1) is 5.56 Å². The number of aliphatic hydroxyl groups is 1. The Morgan fingerprint density at radius 1 is 1.32 bits per heavy atom. The standard InChI is InChI=1S/C14H22N2O3/c1-10-8-11(9-12(13(10)15)14(18)19)16(2)6-4-3-5-7-17/h8-9,17H,3-7,15H2,1-2H3,(H,18,19). The van der Waals surface area contributed by atoms with Gasteiger partial charge < -0.3 is 20.8 Å². The molecule has 0 aliphatic heterocycles. The summed E-state index contributed by atoms with van der Waals surface area (Å²) in [5.41, 5.74) is 7.87. The van der Waals surface area contributed by atoms with Gasteiger partial charge in [0.2, 0.25) is 0 Å². The van der Waals surface area contributed by atoms with Crippen molar-refractivity contribution >= 4 is 17.3 Å². The lowest BCUT2D eigenvalue weighted by Gasteiger charge is -2.21. The van der Waals surface area contributed by atoms with Gasteiger partial charge >= 0.3 is 5.97 Å². The summed E-state index contributed by atoms with van der Waals surface area (Å²) in [6.45, 7) is 2.85. The number of hydrogen-bond acceptors (Lipinski definition) is 4. The second-order valence-electron chi connectivity index (χ2n) is 4.73. The van der Waals surface area contributed by atoms with E-state index in [1.165, 1.54) is 0 Å². The summed E-state index contributed by atoms with van der Waals surface area (Å²) in [5.74, 6) is -1.00. The van der Waals surface area contributed by atoms with Crippen molar-refractivity contribution in [3.63, 3.8) is 0 Å². The summed E-state index contributed by atoms with van der Waals surface area (Å²) in [7, 11) is 1.93. The molecule has 1 aromatic carbocycles. The Morgan fingerprint density at radius 2 is 2.00 bits per heavy atom. The monoisotopic (exact) mass is 266 g/mol. The number of carboxylic acids is 1. The number of hydrogen-bond donors (Lipinski definition) is 3. The van der Waals surface area contributed by atoms with Crippen LogP contribution in [0.15, 0.2) is 12.1 Å². The molecule has 0 fully saturated rings. The molecule has 5 nitrogen and oxygen atoms in total. The molecular weight excluding hydrogens is 244 g/mol. The number of aromatic carboxylic acids is 1. The Bertz CT molecular complexity index is 447. The molecule has 5 heteroatoms. The van der Waals surface area contributed by atoms with Crippen LogP contribution in [0.25, 0.3) is 0 Å². The summed E-state index contributed by atoms with van der Waals surface area (Å²) in [6, 6.07) is 3.50. The number of rotatable bonds is 7. The molecule has 4 N–H and O–H groups in total. The van der Waals surface area contributed by atoms with Gasteiger partial charge in [0.25, 0.3) is 0 Å². The molecule has 0 atom stereocenters.